The lowest BCUT2D eigenvalue weighted by Gasteiger charge is -2.29. The van der Waals surface area contributed by atoms with Crippen LogP contribution in [0.5, 0.6) is 0 Å². The van der Waals surface area contributed by atoms with Crippen LogP contribution < -0.4 is 10.2 Å². The number of carbonyl (C=O) groups is 1. The Balaban J connectivity index is 4.64. The van der Waals surface area contributed by atoms with E-state index in [1.54, 1.807) is 6.08 Å². The average molecular weight is 747 g/mol. The van der Waals surface area contributed by atoms with Crippen LogP contribution in [0.15, 0.2) is 85.1 Å². The summed E-state index contributed by atoms with van der Waals surface area (Å²) in [6.45, 7) is 4.42. The van der Waals surface area contributed by atoms with E-state index in [0.717, 1.165) is 57.8 Å². The van der Waals surface area contributed by atoms with Crippen LogP contribution in [0.2, 0.25) is 0 Å². The van der Waals surface area contributed by atoms with Gasteiger partial charge in [-0.15, -0.1) is 0 Å². The lowest BCUT2D eigenvalue weighted by molar-refractivity contribution is -0.870. The van der Waals surface area contributed by atoms with Gasteiger partial charge in [-0.3, -0.25) is 9.36 Å². The van der Waals surface area contributed by atoms with E-state index in [1.807, 2.05) is 39.4 Å². The number of phosphoric ester groups is 1. The Hall–Kier alpha value is -2.32. The third kappa shape index (κ3) is 36.1. The summed E-state index contributed by atoms with van der Waals surface area (Å²) in [4.78, 5) is 25.1. The first kappa shape index (κ1) is 49.7. The number of unbranched alkanes of at least 4 members (excludes halogenated alkanes) is 9. The van der Waals surface area contributed by atoms with E-state index in [2.05, 4.69) is 79.9 Å². The van der Waals surface area contributed by atoms with Gasteiger partial charge in [-0.25, -0.2) is 0 Å². The van der Waals surface area contributed by atoms with Crippen molar-refractivity contribution in [3.05, 3.63) is 85.1 Å². The molecule has 2 N–H and O–H groups in total. The second kappa shape index (κ2) is 34.4. The van der Waals surface area contributed by atoms with Gasteiger partial charge in [0.15, 0.2) is 0 Å². The molecule has 0 aromatic heterocycles. The summed E-state index contributed by atoms with van der Waals surface area (Å²) >= 11 is 0. The van der Waals surface area contributed by atoms with Gasteiger partial charge in [-0.1, -0.05) is 150 Å². The van der Waals surface area contributed by atoms with E-state index >= 15 is 0 Å². The lowest BCUT2D eigenvalue weighted by Crippen LogP contribution is -2.45. The molecule has 0 bridgehead atoms. The number of rotatable bonds is 34. The first-order valence-electron chi connectivity index (χ1n) is 19.9. The van der Waals surface area contributed by atoms with Gasteiger partial charge in [0.05, 0.1) is 39.9 Å². The Bertz CT molecular complexity index is 1120. The number of allylic oxidation sites excluding steroid dienone is 13. The fourth-order valence-electron chi connectivity index (χ4n) is 4.94. The van der Waals surface area contributed by atoms with E-state index < -0.39 is 26.6 Å². The van der Waals surface area contributed by atoms with E-state index in [0.29, 0.717) is 17.4 Å². The molecule has 9 heteroatoms. The van der Waals surface area contributed by atoms with Crippen LogP contribution in [0.3, 0.4) is 0 Å². The van der Waals surface area contributed by atoms with Crippen molar-refractivity contribution in [1.29, 1.82) is 0 Å². The second-order valence-electron chi connectivity index (χ2n) is 14.3. The van der Waals surface area contributed by atoms with Crippen molar-refractivity contribution in [3.8, 4) is 0 Å². The number of nitrogens with one attached hydrogen (secondary N) is 1. The molecule has 3 atom stereocenters. The molecule has 3 unspecified atom stereocenters. The summed E-state index contributed by atoms with van der Waals surface area (Å²) in [6.07, 6.45) is 46.4. The number of likely N-dealkylation sites (N-methyl/N-ethyl adjacent to an activating group) is 1. The van der Waals surface area contributed by atoms with Crippen LogP contribution in [0.25, 0.3) is 0 Å². The number of aliphatic hydroxyl groups is 1. The quantitative estimate of drug-likeness (QED) is 0.0294. The van der Waals surface area contributed by atoms with Crippen molar-refractivity contribution < 1.29 is 32.9 Å². The predicted molar refractivity (Wildman–Crippen MR) is 219 cm³/mol. The van der Waals surface area contributed by atoms with E-state index in [9.17, 15) is 19.4 Å². The highest BCUT2D eigenvalue weighted by molar-refractivity contribution is 7.45. The molecule has 0 aromatic rings. The first-order valence-corrected chi connectivity index (χ1v) is 21.4. The van der Waals surface area contributed by atoms with Gasteiger partial charge >= 0.3 is 0 Å². The summed E-state index contributed by atoms with van der Waals surface area (Å²) in [6, 6.07) is -0.929. The monoisotopic (exact) mass is 747 g/mol. The molecule has 0 radical (unpaired) electrons. The molecule has 0 saturated carbocycles. The van der Waals surface area contributed by atoms with Gasteiger partial charge in [0.1, 0.15) is 13.2 Å². The van der Waals surface area contributed by atoms with Crippen molar-refractivity contribution in [2.45, 2.75) is 142 Å². The zero-order valence-electron chi connectivity index (χ0n) is 33.5. The molecule has 0 fully saturated rings. The van der Waals surface area contributed by atoms with Crippen LogP contribution in [-0.2, 0) is 18.4 Å². The van der Waals surface area contributed by atoms with Gasteiger partial charge in [-0.05, 0) is 57.8 Å². The zero-order chi connectivity index (χ0) is 38.6. The van der Waals surface area contributed by atoms with Crippen LogP contribution in [0.1, 0.15) is 129 Å². The molecule has 0 heterocycles. The molecule has 0 saturated heterocycles. The molecule has 298 valence electrons. The molecule has 0 spiro atoms. The minimum atomic E-state index is -4.61. The van der Waals surface area contributed by atoms with E-state index in [1.165, 1.54) is 44.9 Å². The minimum absolute atomic E-state index is 0.0194. The number of amides is 1. The standard InChI is InChI=1S/C43H75N2O6P/c1-6-8-10-12-14-16-18-19-20-21-22-23-24-25-27-29-31-33-35-37-43(47)44-41(40-51-52(48,49)50-39-38-45(3,4)5)42(46)36-34-32-30-28-26-17-15-13-11-9-7-2/h8,10,14,16,19-20,22-23,25,27,31,33-34,36,41-42,46H,6-7,9,11-13,15,17-18,21,24,26,28-30,32,35,37-40H2,1-5H3,(H-,44,47,48,49)/b10-8-,16-14-,20-19-,23-22-,27-25-,33-31-,36-34+. The molecule has 0 aliphatic rings. The van der Waals surface area contributed by atoms with Crippen molar-refractivity contribution in [2.24, 2.45) is 0 Å². The van der Waals surface area contributed by atoms with Crippen LogP contribution in [-0.4, -0.2) is 68.5 Å². The topological polar surface area (TPSA) is 108 Å². The summed E-state index contributed by atoms with van der Waals surface area (Å²) in [5, 5.41) is 13.6. The van der Waals surface area contributed by atoms with Gasteiger partial charge in [0, 0.05) is 6.42 Å². The molecule has 0 rings (SSSR count). The highest BCUT2D eigenvalue weighted by Crippen LogP contribution is 2.38. The number of hydrogen-bond donors (Lipinski definition) is 2. The maximum atomic E-state index is 12.8. The Labute approximate surface area is 318 Å². The molecular weight excluding hydrogens is 671 g/mol. The summed E-state index contributed by atoms with van der Waals surface area (Å²) in [7, 11) is 1.20. The van der Waals surface area contributed by atoms with Gasteiger partial charge in [0.25, 0.3) is 7.82 Å². The van der Waals surface area contributed by atoms with Gasteiger partial charge < -0.3 is 28.8 Å². The van der Waals surface area contributed by atoms with Crippen molar-refractivity contribution in [1.82, 2.24) is 5.32 Å². The number of phosphoric acid groups is 1. The highest BCUT2D eigenvalue weighted by atomic mass is 31.2. The smallest absolute Gasteiger partial charge is 0.268 e. The molecular formula is C43H75N2O6P. The maximum absolute atomic E-state index is 12.8. The first-order chi connectivity index (χ1) is 25.0. The minimum Gasteiger partial charge on any atom is -0.756 e. The predicted octanol–water partition coefficient (Wildman–Crippen LogP) is 9.99. The fourth-order valence-corrected chi connectivity index (χ4v) is 5.66. The third-order valence-corrected chi connectivity index (χ3v) is 9.09. The normalized spacial score (nSPS) is 15.4. The lowest BCUT2D eigenvalue weighted by atomic mass is 10.1. The van der Waals surface area contributed by atoms with Gasteiger partial charge in [0.2, 0.25) is 5.91 Å². The number of aliphatic hydroxyl groups excluding tert-OH is 1. The van der Waals surface area contributed by atoms with Crippen LogP contribution in [0.4, 0.5) is 0 Å². The van der Waals surface area contributed by atoms with E-state index in [4.69, 9.17) is 9.05 Å². The summed E-state index contributed by atoms with van der Waals surface area (Å²) < 4.78 is 23.0. The Morgan fingerprint density at radius 3 is 1.67 bits per heavy atom. The summed E-state index contributed by atoms with van der Waals surface area (Å²) in [5.74, 6) is -0.286. The number of carbonyl (C=O) groups excluding carboxylic acids is 1. The Morgan fingerprint density at radius 2 is 1.17 bits per heavy atom. The Kier molecular flexibility index (Phi) is 32.9. The molecule has 1 amide bonds. The number of quaternary nitrogens is 1. The molecule has 52 heavy (non-hydrogen) atoms. The third-order valence-electron chi connectivity index (χ3n) is 8.12. The van der Waals surface area contributed by atoms with Gasteiger partial charge in [-0.2, -0.15) is 0 Å². The van der Waals surface area contributed by atoms with Crippen molar-refractivity contribution >= 4 is 13.7 Å². The molecule has 0 aliphatic heterocycles. The largest absolute Gasteiger partial charge is 0.756 e. The Morgan fingerprint density at radius 1 is 0.692 bits per heavy atom. The average Bonchev–Trinajstić information content (AvgIpc) is 3.09. The second-order valence-corrected chi connectivity index (χ2v) is 15.7. The maximum Gasteiger partial charge on any atom is 0.268 e. The van der Waals surface area contributed by atoms with Crippen molar-refractivity contribution in [2.75, 3.05) is 40.9 Å². The molecule has 8 nitrogen and oxygen atoms in total. The SMILES string of the molecule is CC/C=C\C/C=C\C/C=C\C/C=C\C/C=C\C/C=C\CCC(=O)NC(COP(=O)([O-])OCC[N+](C)(C)C)C(O)/C=C/CCCCCCCCCCC. The van der Waals surface area contributed by atoms with Crippen LogP contribution in [0, 0.1) is 0 Å². The van der Waals surface area contributed by atoms with Crippen molar-refractivity contribution in [3.63, 3.8) is 0 Å². The number of nitrogens with zero attached hydrogens (tertiary/aromatic N) is 1. The zero-order valence-corrected chi connectivity index (χ0v) is 34.4. The van der Waals surface area contributed by atoms with E-state index in [-0.39, 0.29) is 18.9 Å². The summed E-state index contributed by atoms with van der Waals surface area (Å²) in [5.41, 5.74) is 0. The molecule has 0 aliphatic carbocycles. The fraction of sp³-hybridized carbons (Fsp3) is 0.651. The number of hydrogen-bond acceptors (Lipinski definition) is 6. The highest BCUT2D eigenvalue weighted by Gasteiger charge is 2.23. The molecule has 0 aromatic carbocycles. The van der Waals surface area contributed by atoms with Crippen LogP contribution >= 0.6 is 7.82 Å².